The van der Waals surface area contributed by atoms with Crippen LogP contribution in [0.15, 0.2) is 41.3 Å². The van der Waals surface area contributed by atoms with E-state index in [9.17, 15) is 13.2 Å². The van der Waals surface area contributed by atoms with Crippen molar-refractivity contribution in [3.05, 3.63) is 53.1 Å². The van der Waals surface area contributed by atoms with Crippen LogP contribution in [-0.2, 0) is 14.8 Å². The molecule has 6 nitrogen and oxygen atoms in total. The Morgan fingerprint density at radius 3 is 2.21 bits per heavy atom. The topological polar surface area (TPSA) is 81.7 Å². The van der Waals surface area contributed by atoms with Crippen molar-refractivity contribution < 1.29 is 22.7 Å². The van der Waals surface area contributed by atoms with Crippen LogP contribution in [0.2, 0.25) is 0 Å². The summed E-state index contributed by atoms with van der Waals surface area (Å²) >= 11 is 0. The second-order valence-corrected chi connectivity index (χ2v) is 6.94. The highest BCUT2D eigenvalue weighted by Crippen LogP contribution is 2.30. The molecule has 7 heteroatoms. The van der Waals surface area contributed by atoms with E-state index in [1.165, 1.54) is 38.5 Å². The van der Waals surface area contributed by atoms with Gasteiger partial charge in [0.15, 0.2) is 0 Å². The molecule has 0 heterocycles. The number of carbonyl (C=O) groups excluding carboxylic acids is 1. The van der Waals surface area contributed by atoms with Gasteiger partial charge >= 0.3 is 5.97 Å². The lowest BCUT2D eigenvalue weighted by Gasteiger charge is -2.14. The minimum atomic E-state index is -3.83. The molecule has 0 aliphatic carbocycles. The van der Waals surface area contributed by atoms with E-state index in [1.807, 2.05) is 13.0 Å². The Hall–Kier alpha value is -2.54. The van der Waals surface area contributed by atoms with E-state index in [1.54, 1.807) is 13.0 Å². The fourth-order valence-corrected chi connectivity index (χ4v) is 3.76. The molecule has 24 heavy (non-hydrogen) atoms. The molecule has 2 aromatic rings. The standard InChI is InChI=1S/C17H19NO5S/c1-11-9-12(2)16(22-3)15(10-11)24(20,21)18-14-7-5-13(6-8-14)17(19)23-4/h5-10,18H,1-4H3. The zero-order valence-electron chi connectivity index (χ0n) is 13.9. The summed E-state index contributed by atoms with van der Waals surface area (Å²) in [4.78, 5) is 11.5. The number of rotatable bonds is 5. The lowest BCUT2D eigenvalue weighted by Crippen LogP contribution is -2.15. The molecular weight excluding hydrogens is 330 g/mol. The molecule has 0 aliphatic heterocycles. The number of carbonyl (C=O) groups is 1. The number of esters is 1. The number of nitrogens with one attached hydrogen (secondary N) is 1. The third-order valence-corrected chi connectivity index (χ3v) is 4.82. The molecule has 0 fully saturated rings. The number of hydrogen-bond acceptors (Lipinski definition) is 5. The fourth-order valence-electron chi connectivity index (χ4n) is 2.38. The van der Waals surface area contributed by atoms with E-state index in [0.29, 0.717) is 17.0 Å². The first kappa shape index (κ1) is 17.8. The lowest BCUT2D eigenvalue weighted by molar-refractivity contribution is 0.0601. The van der Waals surface area contributed by atoms with Gasteiger partial charge in [-0.05, 0) is 55.3 Å². The predicted octanol–water partition coefficient (Wildman–Crippen LogP) is 2.90. The highest BCUT2D eigenvalue weighted by atomic mass is 32.2. The molecule has 0 amide bonds. The van der Waals surface area contributed by atoms with Gasteiger partial charge in [0.25, 0.3) is 10.0 Å². The summed E-state index contributed by atoms with van der Waals surface area (Å²) in [6, 6.07) is 9.38. The number of ether oxygens (including phenoxy) is 2. The van der Waals surface area contributed by atoms with E-state index >= 15 is 0 Å². The normalized spacial score (nSPS) is 11.0. The van der Waals surface area contributed by atoms with Crippen molar-refractivity contribution in [1.82, 2.24) is 0 Å². The van der Waals surface area contributed by atoms with Crippen LogP contribution in [0.1, 0.15) is 21.5 Å². The average Bonchev–Trinajstić information content (AvgIpc) is 2.54. The molecule has 0 bridgehead atoms. The van der Waals surface area contributed by atoms with Crippen molar-refractivity contribution in [2.45, 2.75) is 18.7 Å². The number of methoxy groups -OCH3 is 2. The van der Waals surface area contributed by atoms with Gasteiger partial charge in [0, 0.05) is 5.69 Å². The van der Waals surface area contributed by atoms with Crippen molar-refractivity contribution >= 4 is 21.7 Å². The molecule has 0 radical (unpaired) electrons. The summed E-state index contributed by atoms with van der Waals surface area (Å²) in [5.41, 5.74) is 2.22. The van der Waals surface area contributed by atoms with Crippen LogP contribution >= 0.6 is 0 Å². The first-order valence-corrected chi connectivity index (χ1v) is 8.63. The van der Waals surface area contributed by atoms with Crippen molar-refractivity contribution in [1.29, 1.82) is 0 Å². The van der Waals surface area contributed by atoms with Crippen LogP contribution in [0.3, 0.4) is 0 Å². The number of hydrogen-bond donors (Lipinski definition) is 1. The number of anilines is 1. The maximum absolute atomic E-state index is 12.7. The maximum atomic E-state index is 12.7. The monoisotopic (exact) mass is 349 g/mol. The SMILES string of the molecule is COC(=O)c1ccc(NS(=O)(=O)c2cc(C)cc(C)c2OC)cc1. The van der Waals surface area contributed by atoms with Crippen LogP contribution in [0.25, 0.3) is 0 Å². The van der Waals surface area contributed by atoms with Gasteiger partial charge in [0.05, 0.1) is 19.8 Å². The van der Waals surface area contributed by atoms with Crippen molar-refractivity contribution in [2.75, 3.05) is 18.9 Å². The Kier molecular flexibility index (Phi) is 5.14. The molecule has 128 valence electrons. The third-order valence-electron chi connectivity index (χ3n) is 3.44. The van der Waals surface area contributed by atoms with Gasteiger partial charge in [0.1, 0.15) is 10.6 Å². The number of sulfonamides is 1. The molecule has 0 aliphatic rings. The van der Waals surface area contributed by atoms with Crippen molar-refractivity contribution in [2.24, 2.45) is 0 Å². The smallest absolute Gasteiger partial charge is 0.337 e. The van der Waals surface area contributed by atoms with E-state index < -0.39 is 16.0 Å². The summed E-state index contributed by atoms with van der Waals surface area (Å²) in [5, 5.41) is 0. The van der Waals surface area contributed by atoms with Gasteiger partial charge in [-0.1, -0.05) is 6.07 Å². The van der Waals surface area contributed by atoms with Crippen molar-refractivity contribution in [3.8, 4) is 5.75 Å². The highest BCUT2D eigenvalue weighted by Gasteiger charge is 2.22. The summed E-state index contributed by atoms with van der Waals surface area (Å²) in [7, 11) is -1.12. The first-order valence-electron chi connectivity index (χ1n) is 7.15. The quantitative estimate of drug-likeness (QED) is 0.840. The van der Waals surface area contributed by atoms with E-state index in [-0.39, 0.29) is 4.90 Å². The van der Waals surface area contributed by atoms with Gasteiger partial charge in [0.2, 0.25) is 0 Å². The summed E-state index contributed by atoms with van der Waals surface area (Å²) in [5.74, 6) is -0.181. The van der Waals surface area contributed by atoms with Crippen LogP contribution in [0.5, 0.6) is 5.75 Å². The number of aryl methyl sites for hydroxylation is 2. The Balaban J connectivity index is 2.37. The van der Waals surface area contributed by atoms with Crippen LogP contribution in [0, 0.1) is 13.8 Å². The van der Waals surface area contributed by atoms with Crippen molar-refractivity contribution in [3.63, 3.8) is 0 Å². The molecule has 0 unspecified atom stereocenters. The molecule has 2 rings (SSSR count). The van der Waals surface area contributed by atoms with Gasteiger partial charge in [-0.2, -0.15) is 0 Å². The molecule has 0 saturated carbocycles. The second kappa shape index (κ2) is 6.92. The highest BCUT2D eigenvalue weighted by molar-refractivity contribution is 7.92. The Bertz CT molecular complexity index is 857. The Morgan fingerprint density at radius 1 is 1.04 bits per heavy atom. The Morgan fingerprint density at radius 2 is 1.67 bits per heavy atom. The van der Waals surface area contributed by atoms with E-state index in [2.05, 4.69) is 9.46 Å². The van der Waals surface area contributed by atoms with Crippen LogP contribution < -0.4 is 9.46 Å². The molecular formula is C17H19NO5S. The Labute approximate surface area is 141 Å². The average molecular weight is 349 g/mol. The zero-order chi connectivity index (χ0) is 17.9. The third kappa shape index (κ3) is 3.68. The van der Waals surface area contributed by atoms with Crippen LogP contribution in [0.4, 0.5) is 5.69 Å². The fraction of sp³-hybridized carbons (Fsp3) is 0.235. The van der Waals surface area contributed by atoms with Gasteiger partial charge in [-0.25, -0.2) is 13.2 Å². The molecule has 0 aromatic heterocycles. The largest absolute Gasteiger partial charge is 0.495 e. The van der Waals surface area contributed by atoms with Gasteiger partial charge < -0.3 is 9.47 Å². The molecule has 0 atom stereocenters. The zero-order valence-corrected chi connectivity index (χ0v) is 14.7. The summed E-state index contributed by atoms with van der Waals surface area (Å²) < 4.78 is 37.7. The molecule has 1 N–H and O–H groups in total. The maximum Gasteiger partial charge on any atom is 0.337 e. The molecule has 0 saturated heterocycles. The summed E-state index contributed by atoms with van der Waals surface area (Å²) in [6.07, 6.45) is 0. The predicted molar refractivity (Wildman–Crippen MR) is 91.1 cm³/mol. The van der Waals surface area contributed by atoms with Gasteiger partial charge in [-0.15, -0.1) is 0 Å². The summed E-state index contributed by atoms with van der Waals surface area (Å²) in [6.45, 7) is 3.60. The van der Waals surface area contributed by atoms with Crippen LogP contribution in [-0.4, -0.2) is 28.6 Å². The molecule has 0 spiro atoms. The second-order valence-electron chi connectivity index (χ2n) is 5.29. The molecule has 2 aromatic carbocycles. The minimum Gasteiger partial charge on any atom is -0.495 e. The number of benzene rings is 2. The lowest BCUT2D eigenvalue weighted by atomic mass is 10.1. The van der Waals surface area contributed by atoms with E-state index in [4.69, 9.17) is 4.74 Å². The van der Waals surface area contributed by atoms with Gasteiger partial charge in [-0.3, -0.25) is 4.72 Å². The first-order chi connectivity index (χ1) is 11.3. The van der Waals surface area contributed by atoms with E-state index in [0.717, 1.165) is 11.1 Å². The minimum absolute atomic E-state index is 0.0690.